The summed E-state index contributed by atoms with van der Waals surface area (Å²) in [5.74, 6) is -1.60. The molecule has 0 bridgehead atoms. The number of carbonyl (C=O) groups is 1. The van der Waals surface area contributed by atoms with Crippen molar-refractivity contribution < 1.29 is 18.8 Å². The van der Waals surface area contributed by atoms with Crippen molar-refractivity contribution in [2.24, 2.45) is 7.05 Å². The zero-order valence-corrected chi connectivity index (χ0v) is 12.8. The predicted molar refractivity (Wildman–Crippen MR) is 77.8 cm³/mol. The highest BCUT2D eigenvalue weighted by Gasteiger charge is 2.20. The molecule has 2 aromatic rings. The molecule has 0 atom stereocenters. The number of fused-ring (bicyclic) bond motifs is 1. The van der Waals surface area contributed by atoms with Crippen molar-refractivity contribution in [2.75, 3.05) is 14.2 Å². The molecule has 0 aliphatic rings. The molecule has 0 spiro atoms. The van der Waals surface area contributed by atoms with E-state index in [9.17, 15) is 9.18 Å². The van der Waals surface area contributed by atoms with Gasteiger partial charge in [0, 0.05) is 39.4 Å². The van der Waals surface area contributed by atoms with Crippen molar-refractivity contribution in [3.63, 3.8) is 0 Å². The average molecular weight is 294 g/mol. The summed E-state index contributed by atoms with van der Waals surface area (Å²) in [6, 6.07) is 6.94. The molecule has 1 aromatic carbocycles. The predicted octanol–water partition coefficient (Wildman–Crippen LogP) is 2.90. The van der Waals surface area contributed by atoms with E-state index in [1.54, 1.807) is 42.9 Å². The molecule has 1 heterocycles. The van der Waals surface area contributed by atoms with Gasteiger partial charge < -0.3 is 9.30 Å². The molecule has 2 rings (SSSR count). The van der Waals surface area contributed by atoms with Crippen molar-refractivity contribution in [2.45, 2.75) is 19.7 Å². The van der Waals surface area contributed by atoms with Gasteiger partial charge in [0.1, 0.15) is 11.4 Å². The highest BCUT2D eigenvalue weighted by Crippen LogP contribution is 2.27. The highest BCUT2D eigenvalue weighted by atomic mass is 19.2. The Balaban J connectivity index is 2.45. The first-order chi connectivity index (χ1) is 9.73. The number of nitrogens with zero attached hydrogens (tertiary/aromatic N) is 2. The molecule has 0 radical (unpaired) electrons. The molecule has 0 aliphatic heterocycles. The Bertz CT molecular complexity index is 673. The number of rotatable bonds is 4. The lowest BCUT2D eigenvalue weighted by Gasteiger charge is -2.17. The molecule has 0 saturated carbocycles. The molecule has 0 fully saturated rings. The second-order valence-corrected chi connectivity index (χ2v) is 5.26. The van der Waals surface area contributed by atoms with E-state index in [0.717, 1.165) is 16.0 Å². The number of benzene rings is 1. The van der Waals surface area contributed by atoms with Crippen LogP contribution in [0.15, 0.2) is 24.3 Å². The Hall–Kier alpha value is -2.08. The fraction of sp³-hybridized carbons (Fsp3) is 0.400. The third-order valence-electron chi connectivity index (χ3n) is 3.16. The van der Waals surface area contributed by atoms with Gasteiger partial charge >= 0.3 is 0 Å². The van der Waals surface area contributed by atoms with Crippen LogP contribution in [-0.4, -0.2) is 35.5 Å². The number of aryl methyl sites for hydroxylation is 1. The highest BCUT2D eigenvalue weighted by molar-refractivity contribution is 5.98. The molecule has 6 heteroatoms. The van der Waals surface area contributed by atoms with Crippen LogP contribution < -0.4 is 4.74 Å². The number of carbonyl (C=O) groups excluding carboxylic acids is 1. The maximum Gasteiger partial charge on any atom is 0.293 e. The summed E-state index contributed by atoms with van der Waals surface area (Å²) in [6.45, 7) is 2.68. The van der Waals surface area contributed by atoms with Crippen LogP contribution in [0.4, 0.5) is 4.39 Å². The van der Waals surface area contributed by atoms with E-state index in [4.69, 9.17) is 9.57 Å². The molecule has 1 amide bonds. The lowest BCUT2D eigenvalue weighted by Crippen LogP contribution is -2.27. The third-order valence-corrected chi connectivity index (χ3v) is 3.16. The second-order valence-electron chi connectivity index (χ2n) is 5.26. The molecular formula is C15H19FN2O3. The van der Waals surface area contributed by atoms with Gasteiger partial charge in [0.15, 0.2) is 0 Å². The number of amides is 1. The normalized spacial score (nSPS) is 11.7. The fourth-order valence-electron chi connectivity index (χ4n) is 2.10. The number of hydrogen-bond acceptors (Lipinski definition) is 3. The topological polar surface area (TPSA) is 43.7 Å². The molecule has 0 unspecified atom stereocenters. The van der Waals surface area contributed by atoms with Crippen LogP contribution in [0.25, 0.3) is 10.9 Å². The molecule has 0 N–H and O–H groups in total. The first kappa shape index (κ1) is 15.3. The van der Waals surface area contributed by atoms with E-state index >= 15 is 0 Å². The summed E-state index contributed by atoms with van der Waals surface area (Å²) in [7, 11) is 4.74. The summed E-state index contributed by atoms with van der Waals surface area (Å²) in [5, 5.41) is 2.02. The van der Waals surface area contributed by atoms with Gasteiger partial charge in [-0.3, -0.25) is 9.63 Å². The largest absolute Gasteiger partial charge is 0.458 e. The number of aromatic nitrogens is 1. The van der Waals surface area contributed by atoms with Crippen LogP contribution in [0.2, 0.25) is 0 Å². The van der Waals surface area contributed by atoms with Crippen LogP contribution >= 0.6 is 0 Å². The van der Waals surface area contributed by atoms with Crippen molar-refractivity contribution in [1.29, 1.82) is 0 Å². The van der Waals surface area contributed by atoms with Crippen molar-refractivity contribution in [1.82, 2.24) is 9.63 Å². The Morgan fingerprint density at radius 3 is 2.57 bits per heavy atom. The number of alkyl halides is 1. The lowest BCUT2D eigenvalue weighted by atomic mass is 10.2. The Morgan fingerprint density at radius 2 is 2.00 bits per heavy atom. The van der Waals surface area contributed by atoms with Gasteiger partial charge in [-0.2, -0.15) is 4.39 Å². The monoisotopic (exact) mass is 294 g/mol. The molecule has 0 aliphatic carbocycles. The van der Waals surface area contributed by atoms with Gasteiger partial charge in [0.25, 0.3) is 5.91 Å². The van der Waals surface area contributed by atoms with Gasteiger partial charge in [0.2, 0.25) is 5.85 Å². The SMILES string of the molecule is CON(C)C(=O)c1cc2ccc(OC(C)(C)F)cc2n1C. The van der Waals surface area contributed by atoms with E-state index in [1.165, 1.54) is 21.0 Å². The van der Waals surface area contributed by atoms with Crippen LogP contribution in [0, 0.1) is 0 Å². The van der Waals surface area contributed by atoms with E-state index in [2.05, 4.69) is 0 Å². The Labute approximate surface area is 122 Å². The van der Waals surface area contributed by atoms with Crippen LogP contribution in [0.3, 0.4) is 0 Å². The molecule has 5 nitrogen and oxygen atoms in total. The zero-order chi connectivity index (χ0) is 15.8. The molecular weight excluding hydrogens is 275 g/mol. The minimum Gasteiger partial charge on any atom is -0.458 e. The summed E-state index contributed by atoms with van der Waals surface area (Å²) in [4.78, 5) is 17.1. The lowest BCUT2D eigenvalue weighted by molar-refractivity contribution is -0.0762. The van der Waals surface area contributed by atoms with Gasteiger partial charge in [-0.25, -0.2) is 5.06 Å². The van der Waals surface area contributed by atoms with Crippen LogP contribution in [0.1, 0.15) is 24.3 Å². The standard InChI is InChI=1S/C15H19FN2O3/c1-15(2,16)21-11-7-6-10-8-13(14(19)18(4)20-5)17(3)12(10)9-11/h6-9H,1-5H3. The number of ether oxygens (including phenoxy) is 1. The Morgan fingerprint density at radius 1 is 1.33 bits per heavy atom. The minimum atomic E-state index is -1.76. The average Bonchev–Trinajstić information content (AvgIpc) is 2.72. The second kappa shape index (κ2) is 5.37. The number of halogens is 1. The van der Waals surface area contributed by atoms with Gasteiger partial charge in [-0.15, -0.1) is 0 Å². The quantitative estimate of drug-likeness (QED) is 0.814. The van der Waals surface area contributed by atoms with E-state index in [0.29, 0.717) is 11.4 Å². The first-order valence-corrected chi connectivity index (χ1v) is 6.52. The van der Waals surface area contributed by atoms with E-state index < -0.39 is 5.85 Å². The maximum atomic E-state index is 13.6. The fourth-order valence-corrected chi connectivity index (χ4v) is 2.10. The number of hydrogen-bond donors (Lipinski definition) is 0. The smallest absolute Gasteiger partial charge is 0.293 e. The molecule has 114 valence electrons. The van der Waals surface area contributed by atoms with Crippen molar-refractivity contribution >= 4 is 16.8 Å². The van der Waals surface area contributed by atoms with Crippen molar-refractivity contribution in [3.8, 4) is 5.75 Å². The summed E-state index contributed by atoms with van der Waals surface area (Å²) < 4.78 is 20.5. The van der Waals surface area contributed by atoms with Gasteiger partial charge in [-0.05, 0) is 18.2 Å². The summed E-state index contributed by atoms with van der Waals surface area (Å²) in [6.07, 6.45) is 0. The van der Waals surface area contributed by atoms with E-state index in [-0.39, 0.29) is 5.91 Å². The minimum absolute atomic E-state index is 0.260. The maximum absolute atomic E-state index is 13.6. The van der Waals surface area contributed by atoms with Gasteiger partial charge in [0.05, 0.1) is 12.6 Å². The number of hydroxylamine groups is 2. The zero-order valence-electron chi connectivity index (χ0n) is 12.8. The first-order valence-electron chi connectivity index (χ1n) is 6.52. The third kappa shape index (κ3) is 3.16. The molecule has 21 heavy (non-hydrogen) atoms. The van der Waals surface area contributed by atoms with Crippen LogP contribution in [-0.2, 0) is 11.9 Å². The van der Waals surface area contributed by atoms with Gasteiger partial charge in [-0.1, -0.05) is 0 Å². The molecule has 0 saturated heterocycles. The summed E-state index contributed by atoms with van der Waals surface area (Å²) in [5.41, 5.74) is 1.26. The van der Waals surface area contributed by atoms with E-state index in [1.807, 2.05) is 0 Å². The molecule has 1 aromatic heterocycles. The van der Waals surface area contributed by atoms with Crippen molar-refractivity contribution in [3.05, 3.63) is 30.0 Å². The summed E-state index contributed by atoms with van der Waals surface area (Å²) >= 11 is 0. The Kier molecular flexibility index (Phi) is 3.91. The van der Waals surface area contributed by atoms with Crippen LogP contribution in [0.5, 0.6) is 5.75 Å².